The highest BCUT2D eigenvalue weighted by atomic mass is 35.5. The van der Waals surface area contributed by atoms with Crippen molar-refractivity contribution >= 4 is 41.5 Å². The standard InChI is InChI=1S/C18H26Cl2N2O.ClH/c1-4-18(5-2,13-6-7-14(19)15(20)10-13)16(23)22-9-8-17(3,11-21)12-22;/h6-7,10H,4-5,8-9,11-12,21H2,1-3H3;1H. The van der Waals surface area contributed by atoms with Crippen LogP contribution in [-0.2, 0) is 10.2 Å². The van der Waals surface area contributed by atoms with Crippen molar-refractivity contribution in [1.29, 1.82) is 0 Å². The van der Waals surface area contributed by atoms with Crippen LogP contribution in [-0.4, -0.2) is 30.4 Å². The van der Waals surface area contributed by atoms with Gasteiger partial charge in [-0.25, -0.2) is 0 Å². The van der Waals surface area contributed by atoms with Crippen LogP contribution in [0.3, 0.4) is 0 Å². The SMILES string of the molecule is CCC(CC)(C(=O)N1CCC(C)(CN)C1)c1ccc(Cl)c(Cl)c1.Cl. The Hall–Kier alpha value is -0.480. The van der Waals surface area contributed by atoms with Crippen molar-refractivity contribution in [2.24, 2.45) is 11.1 Å². The zero-order chi connectivity index (χ0) is 17.3. The van der Waals surface area contributed by atoms with Gasteiger partial charge in [-0.1, -0.05) is 50.0 Å². The molecule has 1 aromatic rings. The smallest absolute Gasteiger partial charge is 0.233 e. The molecule has 0 saturated carbocycles. The minimum atomic E-state index is -0.548. The summed E-state index contributed by atoms with van der Waals surface area (Å²) in [7, 11) is 0. The Morgan fingerprint density at radius 1 is 1.29 bits per heavy atom. The molecule has 1 unspecified atom stereocenters. The van der Waals surface area contributed by atoms with Crippen LogP contribution in [0, 0.1) is 5.41 Å². The molecule has 136 valence electrons. The summed E-state index contributed by atoms with van der Waals surface area (Å²) in [5.41, 5.74) is 6.31. The van der Waals surface area contributed by atoms with Crippen molar-refractivity contribution < 1.29 is 4.79 Å². The van der Waals surface area contributed by atoms with Gasteiger partial charge in [0.2, 0.25) is 5.91 Å². The number of carbonyl (C=O) groups is 1. The van der Waals surface area contributed by atoms with Crippen molar-refractivity contribution in [2.75, 3.05) is 19.6 Å². The molecule has 6 heteroatoms. The van der Waals surface area contributed by atoms with E-state index in [1.54, 1.807) is 6.07 Å². The first kappa shape index (κ1) is 21.6. The number of nitrogens with zero attached hydrogens (tertiary/aromatic N) is 1. The lowest BCUT2D eigenvalue weighted by Gasteiger charge is -2.36. The largest absolute Gasteiger partial charge is 0.341 e. The third kappa shape index (κ3) is 3.85. The fourth-order valence-corrected chi connectivity index (χ4v) is 3.84. The molecular weight excluding hydrogens is 367 g/mol. The van der Waals surface area contributed by atoms with Gasteiger partial charge >= 0.3 is 0 Å². The van der Waals surface area contributed by atoms with Crippen molar-refractivity contribution in [3.05, 3.63) is 33.8 Å². The van der Waals surface area contributed by atoms with E-state index in [-0.39, 0.29) is 23.7 Å². The minimum absolute atomic E-state index is 0. The Morgan fingerprint density at radius 3 is 2.38 bits per heavy atom. The lowest BCUT2D eigenvalue weighted by molar-refractivity contribution is -0.137. The molecule has 1 aliphatic heterocycles. The van der Waals surface area contributed by atoms with Crippen LogP contribution >= 0.6 is 35.6 Å². The summed E-state index contributed by atoms with van der Waals surface area (Å²) in [6, 6.07) is 5.55. The first-order valence-corrected chi connectivity index (χ1v) is 9.02. The van der Waals surface area contributed by atoms with Crippen LogP contribution in [0.5, 0.6) is 0 Å². The van der Waals surface area contributed by atoms with E-state index in [2.05, 4.69) is 20.8 Å². The molecular formula is C18H27Cl3N2O. The van der Waals surface area contributed by atoms with E-state index in [0.29, 0.717) is 16.6 Å². The number of likely N-dealkylation sites (tertiary alicyclic amines) is 1. The van der Waals surface area contributed by atoms with Gasteiger partial charge in [0.1, 0.15) is 0 Å². The zero-order valence-electron chi connectivity index (χ0n) is 14.6. The molecule has 0 aromatic heterocycles. The van der Waals surface area contributed by atoms with E-state index in [4.69, 9.17) is 28.9 Å². The number of hydrogen-bond acceptors (Lipinski definition) is 2. The maximum absolute atomic E-state index is 13.3. The van der Waals surface area contributed by atoms with Crippen LogP contribution in [0.1, 0.15) is 45.6 Å². The normalized spacial score (nSPS) is 20.8. The molecule has 1 heterocycles. The Kier molecular flexibility index (Phi) is 7.43. The van der Waals surface area contributed by atoms with E-state index in [9.17, 15) is 4.79 Å². The van der Waals surface area contributed by atoms with Gasteiger partial charge in [0.05, 0.1) is 15.5 Å². The fraction of sp³-hybridized carbons (Fsp3) is 0.611. The zero-order valence-corrected chi connectivity index (χ0v) is 16.9. The monoisotopic (exact) mass is 392 g/mol. The van der Waals surface area contributed by atoms with Gasteiger partial charge in [0.15, 0.2) is 0 Å². The average Bonchev–Trinajstić information content (AvgIpc) is 2.95. The summed E-state index contributed by atoms with van der Waals surface area (Å²) in [6.07, 6.45) is 2.42. The molecule has 1 atom stereocenters. The van der Waals surface area contributed by atoms with Gasteiger partial charge in [-0.15, -0.1) is 12.4 Å². The molecule has 0 aliphatic carbocycles. The lowest BCUT2D eigenvalue weighted by atomic mass is 9.74. The third-order valence-electron chi connectivity index (χ3n) is 5.43. The van der Waals surface area contributed by atoms with Crippen molar-refractivity contribution in [2.45, 2.75) is 45.4 Å². The van der Waals surface area contributed by atoms with Gasteiger partial charge in [-0.3, -0.25) is 4.79 Å². The summed E-state index contributed by atoms with van der Waals surface area (Å²) in [5, 5.41) is 1.01. The van der Waals surface area contributed by atoms with E-state index >= 15 is 0 Å². The van der Waals surface area contributed by atoms with Crippen LogP contribution < -0.4 is 5.73 Å². The second-order valence-electron chi connectivity index (χ2n) is 6.91. The molecule has 0 spiro atoms. The Morgan fingerprint density at radius 2 is 1.92 bits per heavy atom. The van der Waals surface area contributed by atoms with Gasteiger partial charge in [-0.05, 0) is 48.9 Å². The van der Waals surface area contributed by atoms with Crippen LogP contribution in [0.25, 0.3) is 0 Å². The van der Waals surface area contributed by atoms with Crippen LogP contribution in [0.2, 0.25) is 10.0 Å². The minimum Gasteiger partial charge on any atom is -0.341 e. The number of benzene rings is 1. The number of rotatable bonds is 5. The molecule has 1 aliphatic rings. The first-order chi connectivity index (χ1) is 10.8. The topological polar surface area (TPSA) is 46.3 Å². The van der Waals surface area contributed by atoms with E-state index in [1.165, 1.54) is 0 Å². The molecule has 3 nitrogen and oxygen atoms in total. The quantitative estimate of drug-likeness (QED) is 0.790. The van der Waals surface area contributed by atoms with Crippen molar-refractivity contribution in [3.8, 4) is 0 Å². The predicted octanol–water partition coefficient (Wildman–Crippen LogP) is 4.67. The second-order valence-corrected chi connectivity index (χ2v) is 7.72. The maximum Gasteiger partial charge on any atom is 0.233 e. The molecule has 2 rings (SSSR count). The molecule has 24 heavy (non-hydrogen) atoms. The molecule has 2 N–H and O–H groups in total. The highest BCUT2D eigenvalue weighted by Crippen LogP contribution is 2.39. The van der Waals surface area contributed by atoms with Gasteiger partial charge < -0.3 is 10.6 Å². The lowest BCUT2D eigenvalue weighted by Crippen LogP contribution is -2.46. The van der Waals surface area contributed by atoms with E-state index < -0.39 is 5.41 Å². The predicted molar refractivity (Wildman–Crippen MR) is 104 cm³/mol. The van der Waals surface area contributed by atoms with Gasteiger partial charge in [-0.2, -0.15) is 0 Å². The van der Waals surface area contributed by atoms with Crippen molar-refractivity contribution in [3.63, 3.8) is 0 Å². The van der Waals surface area contributed by atoms with Crippen LogP contribution in [0.4, 0.5) is 0 Å². The van der Waals surface area contributed by atoms with Crippen LogP contribution in [0.15, 0.2) is 18.2 Å². The number of halogens is 3. The number of carbonyl (C=O) groups excluding carboxylic acids is 1. The average molecular weight is 394 g/mol. The second kappa shape index (κ2) is 8.27. The molecule has 1 fully saturated rings. The maximum atomic E-state index is 13.3. The van der Waals surface area contributed by atoms with E-state index in [0.717, 1.165) is 37.9 Å². The number of nitrogens with two attached hydrogens (primary N) is 1. The highest BCUT2D eigenvalue weighted by Gasteiger charge is 2.44. The molecule has 0 radical (unpaired) electrons. The molecule has 0 bridgehead atoms. The third-order valence-corrected chi connectivity index (χ3v) is 6.17. The molecule has 1 aromatic carbocycles. The Labute approximate surface area is 161 Å². The summed E-state index contributed by atoms with van der Waals surface area (Å²) < 4.78 is 0. The summed E-state index contributed by atoms with van der Waals surface area (Å²) in [6.45, 7) is 8.37. The highest BCUT2D eigenvalue weighted by molar-refractivity contribution is 6.42. The Bertz CT molecular complexity index is 590. The number of hydrogen-bond donors (Lipinski definition) is 1. The first-order valence-electron chi connectivity index (χ1n) is 8.27. The number of amides is 1. The summed E-state index contributed by atoms with van der Waals surface area (Å²) in [4.78, 5) is 15.3. The fourth-order valence-electron chi connectivity index (χ4n) is 3.54. The van der Waals surface area contributed by atoms with Gasteiger partial charge in [0.25, 0.3) is 0 Å². The van der Waals surface area contributed by atoms with E-state index in [1.807, 2.05) is 17.0 Å². The van der Waals surface area contributed by atoms with Gasteiger partial charge in [0, 0.05) is 13.1 Å². The summed E-state index contributed by atoms with van der Waals surface area (Å²) in [5.74, 6) is 0.179. The summed E-state index contributed by atoms with van der Waals surface area (Å²) >= 11 is 12.2. The molecule has 1 saturated heterocycles. The Balaban J connectivity index is 0.00000288. The molecule has 1 amide bonds. The van der Waals surface area contributed by atoms with Crippen molar-refractivity contribution in [1.82, 2.24) is 4.90 Å².